The Hall–Kier alpha value is -2.60. The van der Waals surface area contributed by atoms with E-state index in [9.17, 15) is 14.7 Å². The Morgan fingerprint density at radius 2 is 1.83 bits per heavy atom. The number of nitrogens with zero attached hydrogens (tertiary/aromatic N) is 1. The van der Waals surface area contributed by atoms with Crippen molar-refractivity contribution in [3.8, 4) is 11.8 Å². The molecule has 0 radical (unpaired) electrons. The van der Waals surface area contributed by atoms with Crippen molar-refractivity contribution in [1.29, 1.82) is 5.26 Å². The van der Waals surface area contributed by atoms with Gasteiger partial charge in [0.15, 0.2) is 0 Å². The first-order valence-electron chi connectivity index (χ1n) is 9.45. The van der Waals surface area contributed by atoms with Crippen molar-refractivity contribution in [2.24, 2.45) is 0 Å². The first kappa shape index (κ1) is 23.7. The molecule has 2 aromatic rings. The fourth-order valence-electron chi connectivity index (χ4n) is 2.94. The summed E-state index contributed by atoms with van der Waals surface area (Å²) >= 11 is 6.59. The highest BCUT2D eigenvalue weighted by atomic mass is 35.5. The average molecular weight is 437 g/mol. The van der Waals surface area contributed by atoms with E-state index in [0.717, 1.165) is 0 Å². The van der Waals surface area contributed by atoms with Gasteiger partial charge in [0.2, 0.25) is 5.43 Å². The van der Waals surface area contributed by atoms with Crippen molar-refractivity contribution in [1.82, 2.24) is 4.98 Å². The van der Waals surface area contributed by atoms with Crippen molar-refractivity contribution in [2.45, 2.75) is 32.6 Å². The predicted octanol–water partition coefficient (Wildman–Crippen LogP) is 3.50. The van der Waals surface area contributed by atoms with Gasteiger partial charge in [0.1, 0.15) is 17.9 Å². The summed E-state index contributed by atoms with van der Waals surface area (Å²) in [5, 5.41) is 18.2. The molecule has 0 unspecified atom stereocenters. The third-order valence-electron chi connectivity index (χ3n) is 4.28. The lowest BCUT2D eigenvalue weighted by Gasteiger charge is -2.24. The lowest BCUT2D eigenvalue weighted by atomic mass is 9.85. The fraction of sp³-hybridized carbons (Fsp3) is 0.476. The standard InChI is InChI=1S/C21H25ClN2O6/c1-21(2,3)16-17(22)15(30-10-9-29-8-7-28-6-4-5-23)11-13-18(16)24-12-14(19(13)25)20(26)27/h11-12H,4,6-10H2,1-3H3,(H,24,25)(H,26,27). The highest BCUT2D eigenvalue weighted by Crippen LogP contribution is 2.40. The van der Waals surface area contributed by atoms with E-state index in [0.29, 0.717) is 42.3 Å². The number of nitrogens with one attached hydrogen (secondary N) is 1. The summed E-state index contributed by atoms with van der Waals surface area (Å²) in [5.74, 6) is -1.02. The highest BCUT2D eigenvalue weighted by Gasteiger charge is 2.26. The minimum absolute atomic E-state index is 0.184. The van der Waals surface area contributed by atoms with Crippen LogP contribution in [0.5, 0.6) is 5.75 Å². The monoisotopic (exact) mass is 436 g/mol. The number of carboxylic acids is 1. The van der Waals surface area contributed by atoms with Crippen LogP contribution in [0.3, 0.4) is 0 Å². The van der Waals surface area contributed by atoms with E-state index in [1.807, 2.05) is 26.8 Å². The number of benzene rings is 1. The molecule has 2 N–H and O–H groups in total. The third-order valence-corrected chi connectivity index (χ3v) is 4.65. The number of carboxylic acid groups (broad SMARTS) is 1. The molecule has 0 fully saturated rings. The number of halogens is 1. The molecule has 1 heterocycles. The first-order chi connectivity index (χ1) is 14.2. The molecule has 0 amide bonds. The molecule has 1 aromatic carbocycles. The van der Waals surface area contributed by atoms with Crippen LogP contribution in [0.4, 0.5) is 0 Å². The molecule has 0 aliphatic heterocycles. The van der Waals surface area contributed by atoms with E-state index >= 15 is 0 Å². The number of hydrogen-bond donors (Lipinski definition) is 2. The molecule has 30 heavy (non-hydrogen) atoms. The van der Waals surface area contributed by atoms with E-state index < -0.39 is 16.8 Å². The Labute approximate surface area is 179 Å². The zero-order valence-electron chi connectivity index (χ0n) is 17.2. The molecule has 0 atom stereocenters. The number of hydrogen-bond acceptors (Lipinski definition) is 6. The van der Waals surface area contributed by atoms with Gasteiger partial charge >= 0.3 is 5.97 Å². The number of fused-ring (bicyclic) bond motifs is 1. The van der Waals surface area contributed by atoms with Crippen LogP contribution in [0.25, 0.3) is 10.9 Å². The van der Waals surface area contributed by atoms with Crippen molar-refractivity contribution in [3.63, 3.8) is 0 Å². The summed E-state index contributed by atoms with van der Waals surface area (Å²) in [7, 11) is 0. The lowest BCUT2D eigenvalue weighted by molar-refractivity contribution is 0.0381. The van der Waals surface area contributed by atoms with E-state index in [4.69, 9.17) is 31.1 Å². The van der Waals surface area contributed by atoms with Gasteiger partial charge in [-0.15, -0.1) is 0 Å². The van der Waals surface area contributed by atoms with Gasteiger partial charge in [-0.1, -0.05) is 32.4 Å². The second-order valence-corrected chi connectivity index (χ2v) is 7.93. The van der Waals surface area contributed by atoms with Gasteiger partial charge < -0.3 is 24.3 Å². The van der Waals surface area contributed by atoms with Gasteiger partial charge in [-0.25, -0.2) is 4.79 Å². The van der Waals surface area contributed by atoms with E-state index in [1.54, 1.807) is 0 Å². The second kappa shape index (κ2) is 10.4. The van der Waals surface area contributed by atoms with Crippen molar-refractivity contribution in [2.75, 3.05) is 33.0 Å². The maximum atomic E-state index is 12.7. The highest BCUT2D eigenvalue weighted by molar-refractivity contribution is 6.34. The third kappa shape index (κ3) is 5.72. The maximum Gasteiger partial charge on any atom is 0.341 e. The number of nitriles is 1. The normalized spacial score (nSPS) is 11.4. The number of aromatic carboxylic acids is 1. The number of ether oxygens (including phenoxy) is 3. The molecule has 0 aliphatic carbocycles. The topological polar surface area (TPSA) is 122 Å². The quantitative estimate of drug-likeness (QED) is 0.546. The maximum absolute atomic E-state index is 12.7. The zero-order chi connectivity index (χ0) is 22.3. The summed E-state index contributed by atoms with van der Waals surface area (Å²) in [6.07, 6.45) is 1.52. The summed E-state index contributed by atoms with van der Waals surface area (Å²) < 4.78 is 16.4. The van der Waals surface area contributed by atoms with Crippen LogP contribution < -0.4 is 10.2 Å². The van der Waals surface area contributed by atoms with E-state index in [2.05, 4.69) is 4.98 Å². The summed E-state index contributed by atoms with van der Waals surface area (Å²) in [6, 6.07) is 3.45. The second-order valence-electron chi connectivity index (χ2n) is 7.55. The fourth-order valence-corrected chi connectivity index (χ4v) is 3.42. The Bertz CT molecular complexity index is 1000. The number of H-pyrrole nitrogens is 1. The lowest BCUT2D eigenvalue weighted by Crippen LogP contribution is -2.20. The molecule has 9 heteroatoms. The molecular weight excluding hydrogens is 412 g/mol. The van der Waals surface area contributed by atoms with Crippen molar-refractivity contribution in [3.05, 3.63) is 38.6 Å². The Morgan fingerprint density at radius 3 is 2.43 bits per heavy atom. The molecule has 8 nitrogen and oxygen atoms in total. The minimum Gasteiger partial charge on any atom is -0.490 e. The first-order valence-corrected chi connectivity index (χ1v) is 9.83. The van der Waals surface area contributed by atoms with Gasteiger partial charge in [0.25, 0.3) is 0 Å². The molecule has 162 valence electrons. The number of aromatic amines is 1. The Morgan fingerprint density at radius 1 is 1.20 bits per heavy atom. The molecule has 0 saturated carbocycles. The predicted molar refractivity (Wildman–Crippen MR) is 113 cm³/mol. The van der Waals surface area contributed by atoms with Crippen LogP contribution in [0.15, 0.2) is 17.1 Å². The van der Waals surface area contributed by atoms with Crippen LogP contribution in [0.1, 0.15) is 43.1 Å². The molecule has 1 aromatic heterocycles. The Balaban J connectivity index is 2.20. The molecule has 2 rings (SSSR count). The van der Waals surface area contributed by atoms with Gasteiger partial charge in [-0.2, -0.15) is 5.26 Å². The summed E-state index contributed by atoms with van der Waals surface area (Å²) in [4.78, 5) is 26.9. The number of rotatable bonds is 10. The average Bonchev–Trinajstić information content (AvgIpc) is 2.66. The van der Waals surface area contributed by atoms with Crippen LogP contribution in [0, 0.1) is 11.3 Å². The zero-order valence-corrected chi connectivity index (χ0v) is 18.0. The SMILES string of the molecule is CC(C)(C)c1c(Cl)c(OCCOCCOCCC#N)cc2c(=O)c(C(=O)O)c[nH]c12. The van der Waals surface area contributed by atoms with Crippen molar-refractivity contribution < 1.29 is 24.1 Å². The number of pyridine rings is 1. The van der Waals surface area contributed by atoms with Gasteiger partial charge in [0, 0.05) is 11.8 Å². The molecular formula is C21H25ClN2O6. The van der Waals surface area contributed by atoms with Crippen LogP contribution >= 0.6 is 11.6 Å². The number of carbonyl (C=O) groups is 1. The minimum atomic E-state index is -1.31. The summed E-state index contributed by atoms with van der Waals surface area (Å²) in [6.45, 7) is 7.37. The van der Waals surface area contributed by atoms with Gasteiger partial charge in [0.05, 0.1) is 54.8 Å². The summed E-state index contributed by atoms with van der Waals surface area (Å²) in [5.41, 5.74) is -0.234. The molecule has 0 saturated heterocycles. The van der Waals surface area contributed by atoms with E-state index in [1.165, 1.54) is 12.3 Å². The van der Waals surface area contributed by atoms with E-state index in [-0.39, 0.29) is 29.9 Å². The van der Waals surface area contributed by atoms with Crippen LogP contribution in [0.2, 0.25) is 5.02 Å². The van der Waals surface area contributed by atoms with Gasteiger partial charge in [-0.3, -0.25) is 4.79 Å². The number of aromatic nitrogens is 1. The largest absolute Gasteiger partial charge is 0.490 e. The Kier molecular flexibility index (Phi) is 8.24. The van der Waals surface area contributed by atoms with Crippen molar-refractivity contribution >= 4 is 28.5 Å². The molecule has 0 bridgehead atoms. The smallest absolute Gasteiger partial charge is 0.341 e. The van der Waals surface area contributed by atoms with Crippen LogP contribution in [-0.2, 0) is 14.9 Å². The molecule has 0 aliphatic rings. The molecule has 0 spiro atoms. The van der Waals surface area contributed by atoms with Gasteiger partial charge in [-0.05, 0) is 11.5 Å². The van der Waals surface area contributed by atoms with Crippen LogP contribution in [-0.4, -0.2) is 49.1 Å².